The third kappa shape index (κ3) is 8.25. The average molecular weight is 598 g/mol. The lowest BCUT2D eigenvalue weighted by Gasteiger charge is -2.32. The number of hydrogen-bond acceptors (Lipinski definition) is 6. The Labute approximate surface area is 257 Å². The van der Waals surface area contributed by atoms with Gasteiger partial charge in [-0.3, -0.25) is 4.68 Å². The first-order chi connectivity index (χ1) is 18.5. The van der Waals surface area contributed by atoms with Gasteiger partial charge in [0.05, 0.1) is 4.08 Å². The van der Waals surface area contributed by atoms with Gasteiger partial charge in [-0.1, -0.05) is 76.2 Å². The summed E-state index contributed by atoms with van der Waals surface area (Å²) in [6.45, 7) is 29.0. The van der Waals surface area contributed by atoms with Crippen molar-refractivity contribution in [1.29, 1.82) is 0 Å². The van der Waals surface area contributed by atoms with E-state index in [9.17, 15) is 10.2 Å². The van der Waals surface area contributed by atoms with Gasteiger partial charge in [-0.15, -0.1) is 23.5 Å². The van der Waals surface area contributed by atoms with E-state index in [4.69, 9.17) is 0 Å². The predicted molar refractivity (Wildman–Crippen MR) is 176 cm³/mol. The lowest BCUT2D eigenvalue weighted by atomic mass is 9.77. The van der Waals surface area contributed by atoms with Crippen molar-refractivity contribution in [2.24, 2.45) is 0 Å². The maximum Gasteiger partial charge on any atom is 0.137 e. The summed E-state index contributed by atoms with van der Waals surface area (Å²) in [4.78, 5) is 6.36. The van der Waals surface area contributed by atoms with Crippen LogP contribution in [0.25, 0.3) is 0 Å². The molecule has 0 aliphatic carbocycles. The van der Waals surface area contributed by atoms with Crippen LogP contribution >= 0.6 is 23.5 Å². The van der Waals surface area contributed by atoms with Crippen molar-refractivity contribution in [3.63, 3.8) is 0 Å². The number of nitrogens with zero attached hydrogens (tertiary/aromatic N) is 3. The standard InChI is InChI=1S/C34H51N3O2S2/c1-30(2,3)24-16-22(17-25(28(24)38)31(4,5)6)40-34(12,13)41-23-18-26(32(7,8)9)29(39)27(19-23)33(10,11)14-15-37-21-35-20-36-37/h16-21,38-39H,14-15H2,1-13H3. The zero-order chi connectivity index (χ0) is 31.2. The highest BCUT2D eigenvalue weighted by Crippen LogP contribution is 2.51. The number of thioether (sulfide) groups is 2. The second kappa shape index (κ2) is 11.5. The summed E-state index contributed by atoms with van der Waals surface area (Å²) in [5.41, 5.74) is 3.03. The summed E-state index contributed by atoms with van der Waals surface area (Å²) in [5, 5.41) is 27.0. The summed E-state index contributed by atoms with van der Waals surface area (Å²) in [6, 6.07) is 8.66. The maximum atomic E-state index is 11.5. The minimum absolute atomic E-state index is 0.177. The van der Waals surface area contributed by atoms with Crippen molar-refractivity contribution in [3.05, 3.63) is 59.2 Å². The Kier molecular flexibility index (Phi) is 9.38. The van der Waals surface area contributed by atoms with Crippen LogP contribution in [0, 0.1) is 0 Å². The second-order valence-corrected chi connectivity index (χ2v) is 19.0. The summed E-state index contributed by atoms with van der Waals surface area (Å²) in [5.74, 6) is 0.796. The van der Waals surface area contributed by atoms with Crippen LogP contribution in [-0.4, -0.2) is 29.1 Å². The predicted octanol–water partition coefficient (Wildman–Crippen LogP) is 9.57. The molecule has 0 saturated carbocycles. The normalized spacial score (nSPS) is 13.6. The maximum absolute atomic E-state index is 11.5. The van der Waals surface area contributed by atoms with Crippen LogP contribution in [-0.2, 0) is 28.2 Å². The smallest absolute Gasteiger partial charge is 0.137 e. The first-order valence-corrected chi connectivity index (χ1v) is 16.1. The number of phenolic OH excluding ortho intramolecular Hbond substituents is 2. The van der Waals surface area contributed by atoms with Crippen LogP contribution in [0.5, 0.6) is 11.5 Å². The SMILES string of the molecule is CC(C)(Sc1cc(C(C)(C)C)c(O)c(C(C)(C)C)c1)Sc1cc(C(C)(C)C)c(O)c(C(C)(C)CCn2cncn2)c1. The quantitative estimate of drug-likeness (QED) is 0.199. The van der Waals surface area contributed by atoms with Gasteiger partial charge in [0.2, 0.25) is 0 Å². The molecule has 1 aromatic heterocycles. The molecule has 2 N–H and O–H groups in total. The number of hydrogen-bond donors (Lipinski definition) is 2. The number of aromatic nitrogens is 3. The van der Waals surface area contributed by atoms with E-state index in [1.54, 1.807) is 12.7 Å². The van der Waals surface area contributed by atoms with E-state index in [2.05, 4.69) is 124 Å². The lowest BCUT2D eigenvalue weighted by molar-refractivity contribution is 0.382. The molecule has 41 heavy (non-hydrogen) atoms. The molecule has 3 aromatic rings. The fourth-order valence-electron chi connectivity index (χ4n) is 5.03. The number of aromatic hydroxyl groups is 2. The van der Waals surface area contributed by atoms with E-state index in [-0.39, 0.29) is 25.7 Å². The van der Waals surface area contributed by atoms with Crippen molar-refractivity contribution in [2.75, 3.05) is 0 Å². The fourth-order valence-corrected chi connectivity index (χ4v) is 7.62. The van der Waals surface area contributed by atoms with Gasteiger partial charge >= 0.3 is 0 Å². The first kappa shape index (κ1) is 33.4. The van der Waals surface area contributed by atoms with Crippen LogP contribution in [0.1, 0.15) is 119 Å². The van der Waals surface area contributed by atoms with Crippen molar-refractivity contribution in [3.8, 4) is 11.5 Å². The van der Waals surface area contributed by atoms with Crippen molar-refractivity contribution < 1.29 is 10.2 Å². The Bertz CT molecular complexity index is 1320. The van der Waals surface area contributed by atoms with Gasteiger partial charge in [0.15, 0.2) is 0 Å². The highest BCUT2D eigenvalue weighted by atomic mass is 32.2. The molecule has 0 aliphatic rings. The van der Waals surface area contributed by atoms with Crippen molar-refractivity contribution >= 4 is 23.5 Å². The molecule has 7 heteroatoms. The molecule has 0 aliphatic heterocycles. The second-order valence-electron chi connectivity index (χ2n) is 15.4. The van der Waals surface area contributed by atoms with Gasteiger partial charge in [-0.25, -0.2) is 4.98 Å². The molecule has 226 valence electrons. The Morgan fingerprint density at radius 3 is 1.39 bits per heavy atom. The van der Waals surface area contributed by atoms with Crippen molar-refractivity contribution in [2.45, 2.75) is 139 Å². The van der Waals surface area contributed by atoms with Gasteiger partial charge in [0.1, 0.15) is 24.2 Å². The minimum atomic E-state index is -0.274. The van der Waals surface area contributed by atoms with Crippen LogP contribution < -0.4 is 0 Å². The molecular weight excluding hydrogens is 547 g/mol. The molecule has 0 saturated heterocycles. The van der Waals surface area contributed by atoms with E-state index in [0.717, 1.165) is 45.0 Å². The Morgan fingerprint density at radius 2 is 1.02 bits per heavy atom. The molecule has 0 atom stereocenters. The van der Waals surface area contributed by atoms with E-state index in [0.29, 0.717) is 11.5 Å². The molecule has 1 heterocycles. The number of rotatable bonds is 8. The average Bonchev–Trinajstić information content (AvgIpc) is 3.31. The van der Waals surface area contributed by atoms with Crippen LogP contribution in [0.4, 0.5) is 0 Å². The van der Waals surface area contributed by atoms with Gasteiger partial charge in [-0.2, -0.15) is 5.10 Å². The Hall–Kier alpha value is -2.12. The van der Waals surface area contributed by atoms with Crippen LogP contribution in [0.15, 0.2) is 46.7 Å². The Balaban J connectivity index is 2.02. The largest absolute Gasteiger partial charge is 0.507 e. The van der Waals surface area contributed by atoms with Crippen LogP contribution in [0.2, 0.25) is 0 Å². The summed E-state index contributed by atoms with van der Waals surface area (Å²) >= 11 is 3.64. The van der Waals surface area contributed by atoms with E-state index in [1.807, 2.05) is 28.2 Å². The lowest BCUT2D eigenvalue weighted by Crippen LogP contribution is -2.23. The third-order valence-corrected chi connectivity index (χ3v) is 9.91. The molecule has 0 radical (unpaired) electrons. The zero-order valence-electron chi connectivity index (χ0n) is 27.4. The monoisotopic (exact) mass is 597 g/mol. The minimum Gasteiger partial charge on any atom is -0.507 e. The summed E-state index contributed by atoms with van der Waals surface area (Å²) in [6.07, 6.45) is 4.11. The molecular formula is C34H51N3O2S2. The van der Waals surface area contributed by atoms with Gasteiger partial charge in [-0.05, 0) is 66.2 Å². The fraction of sp³-hybridized carbons (Fsp3) is 0.588. The third-order valence-electron chi connectivity index (χ3n) is 7.48. The molecule has 0 amide bonds. The molecule has 0 bridgehead atoms. The number of aryl methyl sites for hydroxylation is 1. The molecule has 2 aromatic carbocycles. The van der Waals surface area contributed by atoms with E-state index < -0.39 is 0 Å². The first-order valence-electron chi connectivity index (χ1n) is 14.5. The molecule has 0 unspecified atom stereocenters. The molecule has 0 spiro atoms. The number of benzene rings is 2. The zero-order valence-corrected chi connectivity index (χ0v) is 29.1. The highest BCUT2D eigenvalue weighted by Gasteiger charge is 2.32. The highest BCUT2D eigenvalue weighted by molar-refractivity contribution is 8.18. The van der Waals surface area contributed by atoms with E-state index in [1.165, 1.54) is 0 Å². The molecule has 5 nitrogen and oxygen atoms in total. The topological polar surface area (TPSA) is 71.2 Å². The van der Waals surface area contributed by atoms with Crippen molar-refractivity contribution in [1.82, 2.24) is 14.8 Å². The molecule has 3 rings (SSSR count). The van der Waals surface area contributed by atoms with Crippen LogP contribution in [0.3, 0.4) is 0 Å². The summed E-state index contributed by atoms with van der Waals surface area (Å²) in [7, 11) is 0. The van der Waals surface area contributed by atoms with Gasteiger partial charge in [0, 0.05) is 38.6 Å². The van der Waals surface area contributed by atoms with Gasteiger partial charge < -0.3 is 10.2 Å². The number of phenols is 2. The van der Waals surface area contributed by atoms with E-state index >= 15 is 0 Å². The summed E-state index contributed by atoms with van der Waals surface area (Å²) < 4.78 is 1.63. The molecule has 0 fully saturated rings. The Morgan fingerprint density at radius 1 is 0.634 bits per heavy atom. The van der Waals surface area contributed by atoms with Gasteiger partial charge in [0.25, 0.3) is 0 Å².